The lowest BCUT2D eigenvalue weighted by Gasteiger charge is -2.07. The first-order valence-electron chi connectivity index (χ1n) is 9.97. The van der Waals surface area contributed by atoms with Gasteiger partial charge in [0.15, 0.2) is 0 Å². The molecule has 6 aromatic rings. The molecule has 0 atom stereocenters. The summed E-state index contributed by atoms with van der Waals surface area (Å²) < 4.78 is 3.82. The maximum Gasteiger partial charge on any atom is 0.0433 e. The molecule has 2 heteroatoms. The van der Waals surface area contributed by atoms with Crippen molar-refractivity contribution >= 4 is 58.2 Å². The van der Waals surface area contributed by atoms with Crippen LogP contribution in [0.4, 0.5) is 0 Å². The minimum Gasteiger partial charge on any atom is -0.135 e. The third kappa shape index (κ3) is 2.96. The maximum absolute atomic E-state index is 3.59. The van der Waals surface area contributed by atoms with Gasteiger partial charge in [0, 0.05) is 24.6 Å². The molecule has 0 spiro atoms. The fourth-order valence-electron chi connectivity index (χ4n) is 4.23. The molecule has 0 radical (unpaired) electrons. The Kier molecular flexibility index (Phi) is 4.22. The Hall–Kier alpha value is -2.94. The van der Waals surface area contributed by atoms with Gasteiger partial charge in [-0.1, -0.05) is 88.7 Å². The van der Waals surface area contributed by atoms with Gasteiger partial charge in [0.25, 0.3) is 0 Å². The van der Waals surface area contributed by atoms with Gasteiger partial charge in [-0.3, -0.25) is 0 Å². The summed E-state index contributed by atoms with van der Waals surface area (Å²) in [5, 5.41) is 5.33. The molecule has 0 bridgehead atoms. The van der Waals surface area contributed by atoms with Crippen molar-refractivity contribution in [1.29, 1.82) is 0 Å². The van der Waals surface area contributed by atoms with Crippen molar-refractivity contribution in [3.8, 4) is 22.3 Å². The van der Waals surface area contributed by atoms with Crippen LogP contribution in [0.2, 0.25) is 0 Å². The van der Waals surface area contributed by atoms with Crippen LogP contribution in [0.5, 0.6) is 0 Å². The highest BCUT2D eigenvalue weighted by atomic mass is 79.9. The lowest BCUT2D eigenvalue weighted by molar-refractivity contribution is 1.58. The standard InChI is InChI=1S/C28H17BrS/c29-23-9-4-8-21(16-23)19-6-3-7-20(15-19)22-12-14-27-26(17-22)25-13-11-18-5-1-2-10-24(18)28(25)30-27/h1-17H. The zero-order valence-electron chi connectivity index (χ0n) is 16.1. The Bertz CT molecular complexity index is 1560. The van der Waals surface area contributed by atoms with Crippen molar-refractivity contribution in [1.82, 2.24) is 0 Å². The highest BCUT2D eigenvalue weighted by Gasteiger charge is 2.10. The monoisotopic (exact) mass is 464 g/mol. The van der Waals surface area contributed by atoms with Gasteiger partial charge in [-0.05, 0) is 63.4 Å². The zero-order valence-corrected chi connectivity index (χ0v) is 18.5. The molecule has 0 saturated carbocycles. The predicted molar refractivity (Wildman–Crippen MR) is 135 cm³/mol. The molecule has 5 aromatic carbocycles. The Labute approximate surface area is 187 Å². The molecule has 142 valence electrons. The Morgan fingerprint density at radius 3 is 2.07 bits per heavy atom. The molecule has 0 nitrogen and oxygen atoms in total. The third-order valence-corrected chi connectivity index (χ3v) is 7.43. The summed E-state index contributed by atoms with van der Waals surface area (Å²) in [6, 6.07) is 37.3. The number of benzene rings is 5. The molecule has 0 fully saturated rings. The molecular weight excluding hydrogens is 448 g/mol. The topological polar surface area (TPSA) is 0 Å². The van der Waals surface area contributed by atoms with Crippen LogP contribution in [0, 0.1) is 0 Å². The fourth-order valence-corrected chi connectivity index (χ4v) is 5.85. The summed E-state index contributed by atoms with van der Waals surface area (Å²) in [4.78, 5) is 0. The van der Waals surface area contributed by atoms with Crippen molar-refractivity contribution in [3.05, 3.63) is 108 Å². The normalized spacial score (nSPS) is 11.5. The summed E-state index contributed by atoms with van der Waals surface area (Å²) >= 11 is 5.48. The molecule has 0 N–H and O–H groups in total. The molecule has 1 aromatic heterocycles. The number of hydrogen-bond donors (Lipinski definition) is 0. The summed E-state index contributed by atoms with van der Waals surface area (Å²) in [5.74, 6) is 0. The van der Waals surface area contributed by atoms with E-state index in [-0.39, 0.29) is 0 Å². The lowest BCUT2D eigenvalue weighted by atomic mass is 9.98. The van der Waals surface area contributed by atoms with Gasteiger partial charge in [0.1, 0.15) is 0 Å². The summed E-state index contributed by atoms with van der Waals surface area (Å²) in [6.45, 7) is 0. The smallest absolute Gasteiger partial charge is 0.0433 e. The number of thiophene rings is 1. The van der Waals surface area contributed by atoms with E-state index in [9.17, 15) is 0 Å². The van der Waals surface area contributed by atoms with Crippen molar-refractivity contribution in [3.63, 3.8) is 0 Å². The van der Waals surface area contributed by atoms with Crippen LogP contribution in [-0.2, 0) is 0 Å². The number of hydrogen-bond acceptors (Lipinski definition) is 1. The second-order valence-electron chi connectivity index (χ2n) is 7.57. The molecular formula is C28H17BrS. The summed E-state index contributed by atoms with van der Waals surface area (Å²) in [5.41, 5.74) is 4.96. The Balaban J connectivity index is 1.53. The van der Waals surface area contributed by atoms with Crippen molar-refractivity contribution in [2.45, 2.75) is 0 Å². The SMILES string of the molecule is Brc1cccc(-c2cccc(-c3ccc4sc5c6ccccc6ccc5c4c3)c2)c1. The minimum absolute atomic E-state index is 1.10. The first-order valence-corrected chi connectivity index (χ1v) is 11.6. The van der Waals surface area contributed by atoms with E-state index in [4.69, 9.17) is 0 Å². The van der Waals surface area contributed by atoms with Crippen LogP contribution in [0.3, 0.4) is 0 Å². The molecule has 30 heavy (non-hydrogen) atoms. The van der Waals surface area contributed by atoms with E-state index in [1.807, 2.05) is 11.3 Å². The second-order valence-corrected chi connectivity index (χ2v) is 9.54. The van der Waals surface area contributed by atoms with Crippen molar-refractivity contribution in [2.24, 2.45) is 0 Å². The van der Waals surface area contributed by atoms with Crippen LogP contribution in [-0.4, -0.2) is 0 Å². The van der Waals surface area contributed by atoms with Crippen molar-refractivity contribution in [2.75, 3.05) is 0 Å². The lowest BCUT2D eigenvalue weighted by Crippen LogP contribution is -1.82. The fraction of sp³-hybridized carbons (Fsp3) is 0. The van der Waals surface area contributed by atoms with Crippen LogP contribution in [0.15, 0.2) is 108 Å². The Morgan fingerprint density at radius 2 is 1.23 bits per heavy atom. The van der Waals surface area contributed by atoms with E-state index in [1.54, 1.807) is 0 Å². The molecule has 0 aliphatic carbocycles. The molecule has 0 unspecified atom stereocenters. The maximum atomic E-state index is 3.59. The van der Waals surface area contributed by atoms with Gasteiger partial charge < -0.3 is 0 Å². The predicted octanol–water partition coefficient (Wildman–Crippen LogP) is 9.30. The van der Waals surface area contributed by atoms with E-state index >= 15 is 0 Å². The van der Waals surface area contributed by atoms with E-state index in [2.05, 4.69) is 119 Å². The van der Waals surface area contributed by atoms with Gasteiger partial charge in [-0.25, -0.2) is 0 Å². The molecule has 0 saturated heterocycles. The van der Waals surface area contributed by atoms with Crippen LogP contribution >= 0.6 is 27.3 Å². The minimum atomic E-state index is 1.10. The van der Waals surface area contributed by atoms with Crippen LogP contribution in [0.25, 0.3) is 53.2 Å². The summed E-state index contributed by atoms with van der Waals surface area (Å²) in [7, 11) is 0. The molecule has 6 rings (SSSR count). The van der Waals surface area contributed by atoms with E-state index < -0.39 is 0 Å². The Morgan fingerprint density at radius 1 is 0.500 bits per heavy atom. The first-order chi connectivity index (χ1) is 14.8. The average Bonchev–Trinajstić information content (AvgIpc) is 3.18. The van der Waals surface area contributed by atoms with Gasteiger partial charge in [-0.15, -0.1) is 11.3 Å². The summed E-state index contributed by atoms with van der Waals surface area (Å²) in [6.07, 6.45) is 0. The highest BCUT2D eigenvalue weighted by Crippen LogP contribution is 2.40. The van der Waals surface area contributed by atoms with Gasteiger partial charge in [-0.2, -0.15) is 0 Å². The van der Waals surface area contributed by atoms with E-state index in [0.717, 1.165) is 4.47 Å². The largest absolute Gasteiger partial charge is 0.135 e. The van der Waals surface area contributed by atoms with Crippen LogP contribution < -0.4 is 0 Å². The number of halogens is 1. The molecule has 1 heterocycles. The second kappa shape index (κ2) is 7.09. The quantitative estimate of drug-likeness (QED) is 0.239. The van der Waals surface area contributed by atoms with Crippen LogP contribution in [0.1, 0.15) is 0 Å². The molecule has 0 aliphatic heterocycles. The van der Waals surface area contributed by atoms with Gasteiger partial charge >= 0.3 is 0 Å². The van der Waals surface area contributed by atoms with Gasteiger partial charge in [0.2, 0.25) is 0 Å². The first kappa shape index (κ1) is 17.9. The average molecular weight is 465 g/mol. The number of rotatable bonds is 2. The zero-order chi connectivity index (χ0) is 20.1. The van der Waals surface area contributed by atoms with Gasteiger partial charge in [0.05, 0.1) is 0 Å². The van der Waals surface area contributed by atoms with E-state index in [0.29, 0.717) is 0 Å². The number of fused-ring (bicyclic) bond motifs is 5. The van der Waals surface area contributed by atoms with Crippen molar-refractivity contribution < 1.29 is 0 Å². The van der Waals surface area contributed by atoms with E-state index in [1.165, 1.54) is 53.2 Å². The highest BCUT2D eigenvalue weighted by molar-refractivity contribution is 9.10. The third-order valence-electron chi connectivity index (χ3n) is 5.72. The molecule has 0 aliphatic rings. The molecule has 0 amide bonds.